The van der Waals surface area contributed by atoms with E-state index < -0.39 is 0 Å². The molecule has 0 atom stereocenters. The normalized spacial score (nSPS) is 19.3. The Hall–Kier alpha value is -2.03. The van der Waals surface area contributed by atoms with E-state index in [1.54, 1.807) is 11.3 Å². The number of aryl methyl sites for hydroxylation is 1. The van der Waals surface area contributed by atoms with Gasteiger partial charge in [-0.05, 0) is 6.07 Å². The molecule has 1 saturated heterocycles. The number of rotatable bonds is 4. The average molecular weight is 344 g/mol. The van der Waals surface area contributed by atoms with Gasteiger partial charge in [-0.15, -0.1) is 11.3 Å². The van der Waals surface area contributed by atoms with Crippen molar-refractivity contribution < 1.29 is 4.74 Å². The molecular formula is C16H20N6OS. The number of aromatic nitrogens is 3. The summed E-state index contributed by atoms with van der Waals surface area (Å²) in [4.78, 5) is 11.5. The van der Waals surface area contributed by atoms with E-state index in [0.717, 1.165) is 60.7 Å². The second-order valence-electron chi connectivity index (χ2n) is 5.85. The van der Waals surface area contributed by atoms with Crippen LogP contribution in [0, 0.1) is 0 Å². The second-order valence-corrected chi connectivity index (χ2v) is 6.74. The molecule has 0 bridgehead atoms. The lowest BCUT2D eigenvalue weighted by Crippen LogP contribution is -2.42. The first-order chi connectivity index (χ1) is 11.8. The molecule has 2 aromatic rings. The predicted molar refractivity (Wildman–Crippen MR) is 94.0 cm³/mol. The van der Waals surface area contributed by atoms with Crippen molar-refractivity contribution in [3.63, 3.8) is 0 Å². The van der Waals surface area contributed by atoms with Crippen molar-refractivity contribution in [1.82, 2.24) is 25.0 Å². The van der Waals surface area contributed by atoms with Gasteiger partial charge in [0.15, 0.2) is 10.8 Å². The molecule has 1 fully saturated rings. The fourth-order valence-electron chi connectivity index (χ4n) is 2.90. The minimum atomic E-state index is 0.624. The summed E-state index contributed by atoms with van der Waals surface area (Å²) in [5, 5.41) is 11.0. The first kappa shape index (κ1) is 15.5. The Balaban J connectivity index is 1.61. The quantitative estimate of drug-likeness (QED) is 0.895. The van der Waals surface area contributed by atoms with E-state index in [0.29, 0.717) is 6.54 Å². The zero-order chi connectivity index (χ0) is 16.4. The Bertz CT molecular complexity index is 757. The van der Waals surface area contributed by atoms with Crippen molar-refractivity contribution in [3.05, 3.63) is 40.2 Å². The van der Waals surface area contributed by atoms with Gasteiger partial charge in [0.1, 0.15) is 0 Å². The predicted octanol–water partition coefficient (Wildman–Crippen LogP) is 0.970. The maximum Gasteiger partial charge on any atom is 0.162 e. The second kappa shape index (κ2) is 6.84. The van der Waals surface area contributed by atoms with Crippen molar-refractivity contribution in [2.45, 2.75) is 0 Å². The average Bonchev–Trinajstić information content (AvgIpc) is 3.27. The lowest BCUT2D eigenvalue weighted by molar-refractivity contribution is 0.0419. The molecule has 4 rings (SSSR count). The molecule has 8 heteroatoms. The summed E-state index contributed by atoms with van der Waals surface area (Å²) < 4.78 is 7.29. The van der Waals surface area contributed by atoms with Gasteiger partial charge < -0.3 is 10.1 Å². The van der Waals surface area contributed by atoms with Crippen LogP contribution in [0.2, 0.25) is 0 Å². The number of morpholine rings is 1. The molecule has 0 radical (unpaired) electrons. The number of aliphatic imine (C=N–C) groups is 1. The van der Waals surface area contributed by atoms with Crippen molar-refractivity contribution in [2.24, 2.45) is 12.0 Å². The lowest BCUT2D eigenvalue weighted by atomic mass is 10.1. The third-order valence-electron chi connectivity index (χ3n) is 4.17. The Morgan fingerprint density at radius 3 is 2.92 bits per heavy atom. The van der Waals surface area contributed by atoms with Gasteiger partial charge in [-0.3, -0.25) is 14.6 Å². The summed E-state index contributed by atoms with van der Waals surface area (Å²) in [5.41, 5.74) is 3.30. The van der Waals surface area contributed by atoms with Crippen LogP contribution in [0.15, 0.2) is 34.5 Å². The van der Waals surface area contributed by atoms with Crippen molar-refractivity contribution in [1.29, 1.82) is 0 Å². The highest BCUT2D eigenvalue weighted by Crippen LogP contribution is 2.22. The number of amidine groups is 1. The van der Waals surface area contributed by atoms with Crippen LogP contribution in [0.3, 0.4) is 0 Å². The Morgan fingerprint density at radius 2 is 2.21 bits per heavy atom. The van der Waals surface area contributed by atoms with E-state index in [4.69, 9.17) is 4.74 Å². The van der Waals surface area contributed by atoms with E-state index in [1.165, 1.54) is 0 Å². The van der Waals surface area contributed by atoms with Crippen LogP contribution in [0.25, 0.3) is 5.57 Å². The summed E-state index contributed by atoms with van der Waals surface area (Å²) in [6.45, 7) is 4.95. The van der Waals surface area contributed by atoms with Crippen molar-refractivity contribution >= 4 is 22.7 Å². The maximum atomic E-state index is 5.46. The number of nitrogens with one attached hydrogen (secondary N) is 1. The Labute approximate surface area is 144 Å². The van der Waals surface area contributed by atoms with E-state index >= 15 is 0 Å². The number of thiazole rings is 1. The summed E-state index contributed by atoms with van der Waals surface area (Å²) in [5.74, 6) is 0.855. The zero-order valence-electron chi connectivity index (χ0n) is 13.6. The Morgan fingerprint density at radius 1 is 1.33 bits per heavy atom. The minimum absolute atomic E-state index is 0.624. The molecular weight excluding hydrogens is 324 g/mol. The molecule has 2 aliphatic heterocycles. The van der Waals surface area contributed by atoms with Crippen LogP contribution in [0.4, 0.5) is 0 Å². The standard InChI is InChI=1S/C16H20N6OS/c1-21-4-2-13(20-21)12-10-18-15(16-17-3-9-24-16)19-14(12)11-22-5-7-23-8-6-22/h2-4,9H,5-8,10-11H2,1H3,(H,18,19). The maximum absolute atomic E-state index is 5.46. The number of hydrogen-bond donors (Lipinski definition) is 1. The molecule has 7 nitrogen and oxygen atoms in total. The molecule has 24 heavy (non-hydrogen) atoms. The van der Waals surface area contributed by atoms with Gasteiger partial charge in [-0.2, -0.15) is 5.10 Å². The fourth-order valence-corrected chi connectivity index (χ4v) is 3.50. The van der Waals surface area contributed by atoms with Gasteiger partial charge in [-0.1, -0.05) is 0 Å². The third-order valence-corrected chi connectivity index (χ3v) is 4.95. The number of ether oxygens (including phenoxy) is 1. The van der Waals surface area contributed by atoms with Crippen LogP contribution in [0.1, 0.15) is 10.7 Å². The molecule has 0 saturated carbocycles. The van der Waals surface area contributed by atoms with E-state index in [-0.39, 0.29) is 0 Å². The first-order valence-electron chi connectivity index (χ1n) is 8.03. The summed E-state index contributed by atoms with van der Waals surface area (Å²) in [7, 11) is 1.94. The SMILES string of the molecule is Cn1ccc(C2=C(CN3CCOCC3)NC(c3nccs3)=NC2)n1. The summed E-state index contributed by atoms with van der Waals surface area (Å²) in [6, 6.07) is 2.04. The van der Waals surface area contributed by atoms with E-state index in [2.05, 4.69) is 25.3 Å². The van der Waals surface area contributed by atoms with Gasteiger partial charge in [0, 0.05) is 55.7 Å². The van der Waals surface area contributed by atoms with Crippen LogP contribution < -0.4 is 5.32 Å². The van der Waals surface area contributed by atoms with Gasteiger partial charge in [-0.25, -0.2) is 4.98 Å². The highest BCUT2D eigenvalue weighted by molar-refractivity contribution is 7.11. The summed E-state index contributed by atoms with van der Waals surface area (Å²) >= 11 is 1.60. The zero-order valence-corrected chi connectivity index (χ0v) is 14.4. The van der Waals surface area contributed by atoms with Crippen LogP contribution in [-0.2, 0) is 11.8 Å². The molecule has 126 valence electrons. The van der Waals surface area contributed by atoms with Crippen molar-refractivity contribution in [3.8, 4) is 0 Å². The van der Waals surface area contributed by atoms with Gasteiger partial charge >= 0.3 is 0 Å². The molecule has 4 heterocycles. The molecule has 2 aliphatic rings. The molecule has 0 spiro atoms. The number of nitrogens with zero attached hydrogens (tertiary/aromatic N) is 5. The highest BCUT2D eigenvalue weighted by Gasteiger charge is 2.22. The summed E-state index contributed by atoms with van der Waals surface area (Å²) in [6.07, 6.45) is 3.78. The molecule has 0 aromatic carbocycles. The highest BCUT2D eigenvalue weighted by atomic mass is 32.1. The topological polar surface area (TPSA) is 67.6 Å². The molecule has 0 aliphatic carbocycles. The molecule has 1 N–H and O–H groups in total. The van der Waals surface area contributed by atoms with E-state index in [1.807, 2.05) is 35.6 Å². The van der Waals surface area contributed by atoms with Gasteiger partial charge in [0.05, 0.1) is 25.5 Å². The molecule has 2 aromatic heterocycles. The van der Waals surface area contributed by atoms with Gasteiger partial charge in [0.25, 0.3) is 0 Å². The van der Waals surface area contributed by atoms with Crippen LogP contribution in [0.5, 0.6) is 0 Å². The van der Waals surface area contributed by atoms with Crippen LogP contribution >= 0.6 is 11.3 Å². The minimum Gasteiger partial charge on any atom is -0.379 e. The molecule has 0 amide bonds. The third kappa shape index (κ3) is 3.26. The largest absolute Gasteiger partial charge is 0.379 e. The fraction of sp³-hybridized carbons (Fsp3) is 0.438. The monoisotopic (exact) mass is 344 g/mol. The molecule has 0 unspecified atom stereocenters. The van der Waals surface area contributed by atoms with Gasteiger partial charge in [0.2, 0.25) is 0 Å². The van der Waals surface area contributed by atoms with Crippen LogP contribution in [-0.4, -0.2) is 64.9 Å². The van der Waals surface area contributed by atoms with Crippen molar-refractivity contribution in [2.75, 3.05) is 39.4 Å². The van der Waals surface area contributed by atoms with E-state index in [9.17, 15) is 0 Å². The smallest absolute Gasteiger partial charge is 0.162 e. The first-order valence-corrected chi connectivity index (χ1v) is 8.91. The Kier molecular flexibility index (Phi) is 4.42. The number of hydrogen-bond acceptors (Lipinski definition) is 7. The lowest BCUT2D eigenvalue weighted by Gasteiger charge is -2.30.